The van der Waals surface area contributed by atoms with E-state index in [2.05, 4.69) is 4.98 Å². The van der Waals surface area contributed by atoms with Gasteiger partial charge in [-0.05, 0) is 36.4 Å². The van der Waals surface area contributed by atoms with Crippen molar-refractivity contribution < 1.29 is 13.2 Å². The third-order valence-corrected chi connectivity index (χ3v) is 3.89. The summed E-state index contributed by atoms with van der Waals surface area (Å²) in [7, 11) is -3.26. The maximum Gasteiger partial charge on any atom is 0.194 e. The summed E-state index contributed by atoms with van der Waals surface area (Å²) in [6, 6.07) is 8.88. The Morgan fingerprint density at radius 3 is 2.11 bits per heavy atom. The molecule has 4 nitrogen and oxygen atoms in total. The molecular weight excluding hydrogens is 286 g/mol. The molecule has 2 aromatic rings. The Balaban J connectivity index is 2.32. The second-order valence-electron chi connectivity index (χ2n) is 4.00. The number of aromatic nitrogens is 1. The summed E-state index contributed by atoms with van der Waals surface area (Å²) in [5, 5.41) is 0.309. The molecule has 0 bridgehead atoms. The first kappa shape index (κ1) is 13.7. The van der Waals surface area contributed by atoms with Gasteiger partial charge in [-0.25, -0.2) is 13.4 Å². The third-order valence-electron chi connectivity index (χ3n) is 2.53. The minimum absolute atomic E-state index is 0.179. The van der Waals surface area contributed by atoms with Crippen LogP contribution in [0.5, 0.6) is 0 Å². The van der Waals surface area contributed by atoms with Crippen LogP contribution in [0.15, 0.2) is 47.5 Å². The molecule has 0 radical (unpaired) electrons. The van der Waals surface area contributed by atoms with Crippen molar-refractivity contribution in [2.75, 3.05) is 6.26 Å². The third kappa shape index (κ3) is 3.19. The molecule has 0 unspecified atom stereocenters. The number of benzene rings is 1. The standard InChI is InChI=1S/C13H10ClNO3S/c1-19(17,18)11-5-2-9(3-6-11)13(16)10-4-7-12(14)15-8-10/h2-8H,1H3. The number of hydrogen-bond acceptors (Lipinski definition) is 4. The number of rotatable bonds is 3. The van der Waals surface area contributed by atoms with E-state index < -0.39 is 9.84 Å². The molecule has 1 heterocycles. The Hall–Kier alpha value is -1.72. The summed E-state index contributed by atoms with van der Waals surface area (Å²) in [5.41, 5.74) is 0.799. The molecule has 0 spiro atoms. The van der Waals surface area contributed by atoms with Gasteiger partial charge in [-0.2, -0.15) is 0 Å². The highest BCUT2D eigenvalue weighted by atomic mass is 35.5. The number of sulfone groups is 1. The predicted molar refractivity (Wildman–Crippen MR) is 72.2 cm³/mol. The van der Waals surface area contributed by atoms with Crippen LogP contribution in [0.4, 0.5) is 0 Å². The molecule has 0 aliphatic rings. The fourth-order valence-corrected chi connectivity index (χ4v) is 2.27. The molecule has 98 valence electrons. The summed E-state index contributed by atoms with van der Waals surface area (Å²) in [4.78, 5) is 16.1. The van der Waals surface area contributed by atoms with Gasteiger partial charge in [0.15, 0.2) is 15.6 Å². The molecule has 1 aromatic carbocycles. The highest BCUT2D eigenvalue weighted by Gasteiger charge is 2.11. The average molecular weight is 296 g/mol. The van der Waals surface area contributed by atoms with E-state index in [9.17, 15) is 13.2 Å². The van der Waals surface area contributed by atoms with Crippen molar-refractivity contribution in [1.82, 2.24) is 4.98 Å². The molecule has 0 saturated heterocycles. The summed E-state index contributed by atoms with van der Waals surface area (Å²) in [6.07, 6.45) is 2.50. The van der Waals surface area contributed by atoms with Gasteiger partial charge >= 0.3 is 0 Å². The van der Waals surface area contributed by atoms with E-state index in [1.165, 1.54) is 36.5 Å². The SMILES string of the molecule is CS(=O)(=O)c1ccc(C(=O)c2ccc(Cl)nc2)cc1. The van der Waals surface area contributed by atoms with E-state index in [1.54, 1.807) is 6.07 Å². The molecule has 6 heteroatoms. The Bertz CT molecular complexity index is 707. The van der Waals surface area contributed by atoms with E-state index in [0.717, 1.165) is 6.26 Å². The van der Waals surface area contributed by atoms with Crippen LogP contribution in [0.3, 0.4) is 0 Å². The van der Waals surface area contributed by atoms with Crippen molar-refractivity contribution in [1.29, 1.82) is 0 Å². The first-order chi connectivity index (χ1) is 8.88. The molecular formula is C13H10ClNO3S. The largest absolute Gasteiger partial charge is 0.289 e. The topological polar surface area (TPSA) is 64.1 Å². The highest BCUT2D eigenvalue weighted by molar-refractivity contribution is 7.90. The number of pyridine rings is 1. The first-order valence-corrected chi connectivity index (χ1v) is 7.61. The second kappa shape index (κ2) is 5.11. The smallest absolute Gasteiger partial charge is 0.194 e. The predicted octanol–water partition coefficient (Wildman–Crippen LogP) is 2.37. The van der Waals surface area contributed by atoms with Gasteiger partial charge in [0.05, 0.1) is 4.90 Å². The van der Waals surface area contributed by atoms with Crippen LogP contribution in [0.2, 0.25) is 5.15 Å². The summed E-state index contributed by atoms with van der Waals surface area (Å²) in [6.45, 7) is 0. The van der Waals surface area contributed by atoms with Gasteiger partial charge in [0.1, 0.15) is 5.15 Å². The Kier molecular flexibility index (Phi) is 3.68. The van der Waals surface area contributed by atoms with Crippen molar-refractivity contribution in [2.45, 2.75) is 4.90 Å². The van der Waals surface area contributed by atoms with Crippen molar-refractivity contribution in [3.05, 3.63) is 58.9 Å². The Labute approximate surface area is 116 Å². The second-order valence-corrected chi connectivity index (χ2v) is 6.40. The fraction of sp³-hybridized carbons (Fsp3) is 0.0769. The van der Waals surface area contributed by atoms with E-state index >= 15 is 0 Å². The number of halogens is 1. The number of hydrogen-bond donors (Lipinski definition) is 0. The minimum atomic E-state index is -3.26. The number of carbonyl (C=O) groups is 1. The van der Waals surface area contributed by atoms with Gasteiger partial charge in [0, 0.05) is 23.6 Å². The molecule has 0 aliphatic carbocycles. The quantitative estimate of drug-likeness (QED) is 0.644. The lowest BCUT2D eigenvalue weighted by atomic mass is 10.1. The summed E-state index contributed by atoms with van der Waals surface area (Å²) < 4.78 is 22.6. The minimum Gasteiger partial charge on any atom is -0.289 e. The highest BCUT2D eigenvalue weighted by Crippen LogP contribution is 2.14. The zero-order valence-corrected chi connectivity index (χ0v) is 11.6. The number of ketones is 1. The lowest BCUT2D eigenvalue weighted by Crippen LogP contribution is -2.03. The van der Waals surface area contributed by atoms with Crippen LogP contribution in [0.1, 0.15) is 15.9 Å². The Morgan fingerprint density at radius 2 is 1.63 bits per heavy atom. The van der Waals surface area contributed by atoms with E-state index in [4.69, 9.17) is 11.6 Å². The van der Waals surface area contributed by atoms with E-state index in [-0.39, 0.29) is 10.7 Å². The summed E-state index contributed by atoms with van der Waals surface area (Å²) in [5.74, 6) is -0.232. The number of nitrogens with zero attached hydrogens (tertiary/aromatic N) is 1. The van der Waals surface area contributed by atoms with Crippen molar-refractivity contribution in [3.63, 3.8) is 0 Å². The molecule has 0 fully saturated rings. The molecule has 0 amide bonds. The maximum absolute atomic E-state index is 12.1. The normalized spacial score (nSPS) is 11.3. The Morgan fingerprint density at radius 1 is 1.05 bits per heavy atom. The van der Waals surface area contributed by atoms with E-state index in [0.29, 0.717) is 16.3 Å². The van der Waals surface area contributed by atoms with Gasteiger partial charge in [-0.15, -0.1) is 0 Å². The fourth-order valence-electron chi connectivity index (χ4n) is 1.53. The zero-order chi connectivity index (χ0) is 14.0. The van der Waals surface area contributed by atoms with Crippen LogP contribution in [0.25, 0.3) is 0 Å². The molecule has 0 atom stereocenters. The van der Waals surface area contributed by atoms with Crippen molar-refractivity contribution in [2.24, 2.45) is 0 Å². The van der Waals surface area contributed by atoms with Gasteiger partial charge in [0.2, 0.25) is 0 Å². The van der Waals surface area contributed by atoms with Crippen LogP contribution in [-0.2, 0) is 9.84 Å². The van der Waals surface area contributed by atoms with Crippen LogP contribution in [-0.4, -0.2) is 25.4 Å². The lowest BCUT2D eigenvalue weighted by molar-refractivity contribution is 0.103. The van der Waals surface area contributed by atoms with E-state index in [1.807, 2.05) is 0 Å². The van der Waals surface area contributed by atoms with Gasteiger partial charge in [-0.3, -0.25) is 4.79 Å². The molecule has 1 aromatic heterocycles. The molecule has 0 aliphatic heterocycles. The lowest BCUT2D eigenvalue weighted by Gasteiger charge is -2.02. The van der Waals surface area contributed by atoms with Gasteiger partial charge in [-0.1, -0.05) is 11.6 Å². The van der Waals surface area contributed by atoms with Crippen molar-refractivity contribution >= 4 is 27.2 Å². The molecule has 2 rings (SSSR count). The summed E-state index contributed by atoms with van der Waals surface area (Å²) >= 11 is 5.64. The average Bonchev–Trinajstić information content (AvgIpc) is 2.38. The van der Waals surface area contributed by atoms with Crippen LogP contribution >= 0.6 is 11.6 Å². The van der Waals surface area contributed by atoms with Gasteiger partial charge < -0.3 is 0 Å². The van der Waals surface area contributed by atoms with Crippen molar-refractivity contribution in [3.8, 4) is 0 Å². The first-order valence-electron chi connectivity index (χ1n) is 5.34. The molecule has 19 heavy (non-hydrogen) atoms. The zero-order valence-electron chi connectivity index (χ0n) is 10.00. The van der Waals surface area contributed by atoms with Crippen LogP contribution in [0, 0.1) is 0 Å². The monoisotopic (exact) mass is 295 g/mol. The van der Waals surface area contributed by atoms with Gasteiger partial charge in [0.25, 0.3) is 0 Å². The van der Waals surface area contributed by atoms with Crippen LogP contribution < -0.4 is 0 Å². The molecule has 0 saturated carbocycles. The molecule has 0 N–H and O–H groups in total. The number of carbonyl (C=O) groups excluding carboxylic acids is 1. The maximum atomic E-state index is 12.1.